The standard InChI is InChI=1S/C10H20O5.C9H18O4.CO2/c1-10(2,3)9-8(14)7(13)6(12)5(4-11)15-9;1-9(2,3)8-7(12)6(11)5(10)4-13-8;2-1-3/h5-9,11-14H,4H2,1-3H3;5-8,10-12H,4H2,1-3H3;/t5-,6+,7+,8-,9?;5-,6+,7-,8?;/m11./s1. The Kier molecular flexibility index (Phi) is 11.9. The first-order valence-electron chi connectivity index (χ1n) is 10.00. The van der Waals surface area contributed by atoms with E-state index in [0.717, 1.165) is 0 Å². The van der Waals surface area contributed by atoms with Crippen LogP contribution in [0.4, 0.5) is 0 Å². The van der Waals surface area contributed by atoms with Crippen LogP contribution in [0.15, 0.2) is 0 Å². The number of aliphatic hydroxyl groups is 7. The number of hydrogen-bond donors (Lipinski definition) is 7. The highest BCUT2D eigenvalue weighted by atomic mass is 16.5. The fraction of sp³-hybridized carbons (Fsp3) is 0.950. The van der Waals surface area contributed by atoms with E-state index in [9.17, 15) is 30.6 Å². The van der Waals surface area contributed by atoms with Crippen LogP contribution >= 0.6 is 0 Å². The molecule has 9 atom stereocenters. The van der Waals surface area contributed by atoms with E-state index in [0.29, 0.717) is 0 Å². The molecule has 2 aliphatic rings. The molecule has 0 aromatic carbocycles. The largest absolute Gasteiger partial charge is 0.394 e. The summed E-state index contributed by atoms with van der Waals surface area (Å²) in [5, 5.41) is 66.0. The van der Waals surface area contributed by atoms with Crippen LogP contribution in [0, 0.1) is 10.8 Å². The van der Waals surface area contributed by atoms with E-state index in [1.54, 1.807) is 0 Å². The molecule has 184 valence electrons. The first kappa shape index (κ1) is 30.0. The fourth-order valence-electron chi connectivity index (χ4n) is 3.39. The summed E-state index contributed by atoms with van der Waals surface area (Å²) in [5.41, 5.74) is -0.603. The number of rotatable bonds is 1. The van der Waals surface area contributed by atoms with Gasteiger partial charge in [-0.25, -0.2) is 0 Å². The van der Waals surface area contributed by atoms with Gasteiger partial charge in [-0.2, -0.15) is 9.59 Å². The lowest BCUT2D eigenvalue weighted by Crippen LogP contribution is -2.61. The lowest BCUT2D eigenvalue weighted by Gasteiger charge is -2.45. The van der Waals surface area contributed by atoms with Gasteiger partial charge in [0, 0.05) is 0 Å². The third kappa shape index (κ3) is 8.47. The van der Waals surface area contributed by atoms with E-state index in [-0.39, 0.29) is 30.2 Å². The van der Waals surface area contributed by atoms with Gasteiger partial charge in [-0.05, 0) is 10.8 Å². The first-order valence-corrected chi connectivity index (χ1v) is 10.00. The van der Waals surface area contributed by atoms with Crippen LogP contribution in [0.3, 0.4) is 0 Å². The van der Waals surface area contributed by atoms with Gasteiger partial charge in [-0.3, -0.25) is 0 Å². The first-order chi connectivity index (χ1) is 14.0. The number of carbonyl (C=O) groups excluding carboxylic acids is 2. The van der Waals surface area contributed by atoms with Crippen molar-refractivity contribution in [3.05, 3.63) is 0 Å². The molecule has 0 amide bonds. The summed E-state index contributed by atoms with van der Waals surface area (Å²) in [5.74, 6) is 0. The van der Waals surface area contributed by atoms with Crippen LogP contribution in [-0.2, 0) is 19.1 Å². The molecule has 11 nitrogen and oxygen atoms in total. The van der Waals surface area contributed by atoms with Crippen LogP contribution in [-0.4, -0.2) is 110 Å². The molecule has 0 aliphatic carbocycles. The maximum Gasteiger partial charge on any atom is 0.373 e. The zero-order valence-corrected chi connectivity index (χ0v) is 18.9. The predicted octanol–water partition coefficient (Wildman–Crippen LogP) is -2.19. The minimum atomic E-state index is -1.28. The molecule has 0 saturated carbocycles. The molecule has 7 N–H and O–H groups in total. The smallest absolute Gasteiger partial charge is 0.373 e. The van der Waals surface area contributed by atoms with E-state index in [1.165, 1.54) is 0 Å². The second-order valence-corrected chi connectivity index (χ2v) is 9.87. The van der Waals surface area contributed by atoms with Crippen LogP contribution in [0.5, 0.6) is 0 Å². The molecule has 0 spiro atoms. The molecule has 11 heteroatoms. The van der Waals surface area contributed by atoms with Crippen LogP contribution in [0.25, 0.3) is 0 Å². The Morgan fingerprint density at radius 1 is 0.742 bits per heavy atom. The molecule has 31 heavy (non-hydrogen) atoms. The minimum Gasteiger partial charge on any atom is -0.394 e. The normalized spacial score (nSPS) is 38.7. The lowest BCUT2D eigenvalue weighted by molar-refractivity contribution is -0.250. The molecule has 2 aliphatic heterocycles. The van der Waals surface area contributed by atoms with Crippen molar-refractivity contribution in [2.24, 2.45) is 10.8 Å². The summed E-state index contributed by atoms with van der Waals surface area (Å²) in [6.45, 7) is 11.1. The molecule has 0 radical (unpaired) electrons. The zero-order chi connectivity index (χ0) is 24.7. The quantitative estimate of drug-likeness (QED) is 0.227. The Labute approximate surface area is 182 Å². The number of ether oxygens (including phenoxy) is 2. The maximum absolute atomic E-state index is 9.74. The Morgan fingerprint density at radius 2 is 1.16 bits per heavy atom. The minimum absolute atomic E-state index is 0.0835. The van der Waals surface area contributed by atoms with Crippen molar-refractivity contribution in [2.75, 3.05) is 13.2 Å². The molecule has 0 aromatic rings. The molecule has 2 saturated heterocycles. The van der Waals surface area contributed by atoms with Gasteiger partial charge in [0.15, 0.2) is 0 Å². The summed E-state index contributed by atoms with van der Waals surface area (Å²) in [6, 6.07) is 0. The van der Waals surface area contributed by atoms with Crippen molar-refractivity contribution in [3.63, 3.8) is 0 Å². The van der Waals surface area contributed by atoms with Crippen LogP contribution in [0.2, 0.25) is 0 Å². The van der Waals surface area contributed by atoms with E-state index in [2.05, 4.69) is 0 Å². The topological polar surface area (TPSA) is 194 Å². The monoisotopic (exact) mass is 454 g/mol. The molecule has 2 fully saturated rings. The lowest BCUT2D eigenvalue weighted by atomic mass is 9.80. The molecular weight excluding hydrogens is 416 g/mol. The second kappa shape index (κ2) is 12.3. The Balaban J connectivity index is 0.000000519. The predicted molar refractivity (Wildman–Crippen MR) is 105 cm³/mol. The Bertz CT molecular complexity index is 548. The summed E-state index contributed by atoms with van der Waals surface area (Å²) in [4.78, 5) is 16.2. The zero-order valence-electron chi connectivity index (χ0n) is 18.9. The molecule has 0 aromatic heterocycles. The van der Waals surface area contributed by atoms with Crippen molar-refractivity contribution >= 4 is 6.15 Å². The van der Waals surface area contributed by atoms with Crippen LogP contribution < -0.4 is 0 Å². The molecule has 2 heterocycles. The average Bonchev–Trinajstić information content (AvgIpc) is 2.63. The number of aliphatic hydroxyl groups excluding tert-OH is 7. The Morgan fingerprint density at radius 3 is 1.55 bits per heavy atom. The molecule has 0 bridgehead atoms. The highest BCUT2D eigenvalue weighted by Gasteiger charge is 2.47. The maximum atomic E-state index is 9.74. The average molecular weight is 455 g/mol. The Hall–Kier alpha value is -0.980. The van der Waals surface area contributed by atoms with Gasteiger partial charge < -0.3 is 45.2 Å². The third-order valence-corrected chi connectivity index (χ3v) is 5.10. The molecular formula is C20H38O11. The summed E-state index contributed by atoms with van der Waals surface area (Å²) in [7, 11) is 0. The SMILES string of the molecule is CC(C)(C)C1OC[C@@H](O)[C@H](O)[C@H]1O.CC(C)(C)C1O[C@H](CO)[C@H](O)[C@H](O)[C@H]1O.O=C=O. The van der Waals surface area contributed by atoms with Crippen molar-refractivity contribution in [2.45, 2.75) is 96.5 Å². The van der Waals surface area contributed by atoms with E-state index in [4.69, 9.17) is 24.2 Å². The van der Waals surface area contributed by atoms with Crippen molar-refractivity contribution in [1.29, 1.82) is 0 Å². The van der Waals surface area contributed by atoms with Crippen LogP contribution in [0.1, 0.15) is 41.5 Å². The van der Waals surface area contributed by atoms with Crippen molar-refractivity contribution < 1.29 is 54.8 Å². The summed E-state index contributed by atoms with van der Waals surface area (Å²) >= 11 is 0. The third-order valence-electron chi connectivity index (χ3n) is 5.10. The molecule has 2 unspecified atom stereocenters. The second-order valence-electron chi connectivity index (χ2n) is 9.87. The fourth-order valence-corrected chi connectivity index (χ4v) is 3.39. The van der Waals surface area contributed by atoms with Crippen molar-refractivity contribution in [3.8, 4) is 0 Å². The summed E-state index contributed by atoms with van der Waals surface area (Å²) < 4.78 is 10.7. The highest BCUT2D eigenvalue weighted by molar-refractivity contribution is 5.20. The highest BCUT2D eigenvalue weighted by Crippen LogP contribution is 2.33. The van der Waals surface area contributed by atoms with Crippen molar-refractivity contribution in [1.82, 2.24) is 0 Å². The van der Waals surface area contributed by atoms with Gasteiger partial charge >= 0.3 is 6.15 Å². The number of hydrogen-bond acceptors (Lipinski definition) is 11. The van der Waals surface area contributed by atoms with Gasteiger partial charge in [0.2, 0.25) is 0 Å². The van der Waals surface area contributed by atoms with Gasteiger partial charge in [-0.1, -0.05) is 41.5 Å². The van der Waals surface area contributed by atoms with Gasteiger partial charge in [0.05, 0.1) is 25.4 Å². The van der Waals surface area contributed by atoms with Gasteiger partial charge in [-0.15, -0.1) is 0 Å². The van der Waals surface area contributed by atoms with E-state index >= 15 is 0 Å². The molecule has 2 rings (SSSR count). The summed E-state index contributed by atoms with van der Waals surface area (Å²) in [6.07, 6.45) is -8.37. The van der Waals surface area contributed by atoms with Gasteiger partial charge in [0.1, 0.15) is 42.7 Å². The van der Waals surface area contributed by atoms with E-state index in [1.807, 2.05) is 41.5 Å². The van der Waals surface area contributed by atoms with E-state index < -0.39 is 54.9 Å². The van der Waals surface area contributed by atoms with Gasteiger partial charge in [0.25, 0.3) is 0 Å².